The van der Waals surface area contributed by atoms with Crippen LogP contribution in [0.2, 0.25) is 0 Å². The monoisotopic (exact) mass is 258 g/mol. The van der Waals surface area contributed by atoms with Gasteiger partial charge in [0.15, 0.2) is 0 Å². The standard InChI is InChI=1S/C16H18OS/c1-2-17-16(13-18,14-9-5-3-6-10-14)15-11-7-4-8-12-15/h3-12,18H,2,13H2,1H3. The van der Waals surface area contributed by atoms with Gasteiger partial charge in [-0.05, 0) is 18.1 Å². The van der Waals surface area contributed by atoms with Crippen molar-refractivity contribution < 1.29 is 4.74 Å². The lowest BCUT2D eigenvalue weighted by Crippen LogP contribution is -2.33. The highest BCUT2D eigenvalue weighted by Gasteiger charge is 2.33. The van der Waals surface area contributed by atoms with Crippen molar-refractivity contribution in [1.29, 1.82) is 0 Å². The second-order valence-electron chi connectivity index (χ2n) is 4.15. The Hall–Kier alpha value is -1.25. The minimum absolute atomic E-state index is 0.458. The molecule has 0 N–H and O–H groups in total. The van der Waals surface area contributed by atoms with Crippen molar-refractivity contribution in [3.63, 3.8) is 0 Å². The number of hydrogen-bond donors (Lipinski definition) is 1. The molecule has 18 heavy (non-hydrogen) atoms. The first-order valence-corrected chi connectivity index (χ1v) is 6.82. The van der Waals surface area contributed by atoms with Gasteiger partial charge in [0, 0.05) is 12.4 Å². The van der Waals surface area contributed by atoms with E-state index in [1.165, 1.54) is 0 Å². The Morgan fingerprint density at radius 1 is 0.889 bits per heavy atom. The molecule has 94 valence electrons. The van der Waals surface area contributed by atoms with E-state index < -0.39 is 5.60 Å². The van der Waals surface area contributed by atoms with Crippen LogP contribution in [0.25, 0.3) is 0 Å². The molecule has 0 amide bonds. The molecule has 2 rings (SSSR count). The molecule has 0 aliphatic carbocycles. The lowest BCUT2D eigenvalue weighted by Gasteiger charge is -2.33. The minimum Gasteiger partial charge on any atom is -0.365 e. The SMILES string of the molecule is CCOC(CS)(c1ccccc1)c1ccccc1. The largest absolute Gasteiger partial charge is 0.365 e. The van der Waals surface area contributed by atoms with Gasteiger partial charge < -0.3 is 4.74 Å². The zero-order valence-corrected chi connectivity index (χ0v) is 11.4. The Morgan fingerprint density at radius 2 is 1.33 bits per heavy atom. The van der Waals surface area contributed by atoms with E-state index in [9.17, 15) is 0 Å². The normalized spacial score (nSPS) is 11.4. The minimum atomic E-state index is -0.458. The maximum Gasteiger partial charge on any atom is 0.127 e. The molecule has 0 fully saturated rings. The summed E-state index contributed by atoms with van der Waals surface area (Å²) in [5.74, 6) is 0.620. The summed E-state index contributed by atoms with van der Waals surface area (Å²) in [6.45, 7) is 2.68. The van der Waals surface area contributed by atoms with E-state index in [0.29, 0.717) is 12.4 Å². The Kier molecular flexibility index (Phi) is 4.45. The van der Waals surface area contributed by atoms with E-state index in [2.05, 4.69) is 36.9 Å². The zero-order valence-electron chi connectivity index (χ0n) is 10.5. The van der Waals surface area contributed by atoms with Gasteiger partial charge in [-0.15, -0.1) is 0 Å². The van der Waals surface area contributed by atoms with Crippen LogP contribution in [0.3, 0.4) is 0 Å². The summed E-state index contributed by atoms with van der Waals surface area (Å²) in [5.41, 5.74) is 1.83. The van der Waals surface area contributed by atoms with Crippen LogP contribution < -0.4 is 0 Å². The third-order valence-electron chi connectivity index (χ3n) is 3.09. The summed E-state index contributed by atoms with van der Waals surface area (Å²) in [6.07, 6.45) is 0. The predicted octanol–water partition coefficient (Wildman–Crippen LogP) is 3.90. The van der Waals surface area contributed by atoms with Gasteiger partial charge in [0.1, 0.15) is 5.60 Å². The average Bonchev–Trinajstić information content (AvgIpc) is 2.47. The number of ether oxygens (including phenoxy) is 1. The molecular formula is C16H18OS. The quantitative estimate of drug-likeness (QED) is 0.800. The van der Waals surface area contributed by atoms with Crippen molar-refractivity contribution in [2.75, 3.05) is 12.4 Å². The van der Waals surface area contributed by atoms with Crippen LogP contribution in [0.5, 0.6) is 0 Å². The highest BCUT2D eigenvalue weighted by Crippen LogP contribution is 2.34. The maximum atomic E-state index is 6.07. The molecule has 0 aromatic heterocycles. The highest BCUT2D eigenvalue weighted by atomic mass is 32.1. The van der Waals surface area contributed by atoms with Gasteiger partial charge in [0.2, 0.25) is 0 Å². The fourth-order valence-electron chi connectivity index (χ4n) is 2.22. The molecule has 2 aromatic rings. The smallest absolute Gasteiger partial charge is 0.127 e. The van der Waals surface area contributed by atoms with Crippen LogP contribution in [-0.2, 0) is 10.3 Å². The predicted molar refractivity (Wildman–Crippen MR) is 79.1 cm³/mol. The number of hydrogen-bond acceptors (Lipinski definition) is 2. The Balaban J connectivity index is 2.53. The molecule has 0 heterocycles. The molecule has 2 heteroatoms. The molecular weight excluding hydrogens is 240 g/mol. The van der Waals surface area contributed by atoms with Gasteiger partial charge in [0.25, 0.3) is 0 Å². The van der Waals surface area contributed by atoms with Crippen molar-refractivity contribution >= 4 is 12.6 Å². The van der Waals surface area contributed by atoms with E-state index >= 15 is 0 Å². The third-order valence-corrected chi connectivity index (χ3v) is 3.54. The summed E-state index contributed by atoms with van der Waals surface area (Å²) >= 11 is 4.53. The van der Waals surface area contributed by atoms with Gasteiger partial charge in [0.05, 0.1) is 0 Å². The summed E-state index contributed by atoms with van der Waals surface area (Å²) in [4.78, 5) is 0. The lowest BCUT2D eigenvalue weighted by molar-refractivity contribution is 0.00830. The van der Waals surface area contributed by atoms with Crippen molar-refractivity contribution in [2.45, 2.75) is 12.5 Å². The number of benzene rings is 2. The van der Waals surface area contributed by atoms with Crippen LogP contribution >= 0.6 is 12.6 Å². The van der Waals surface area contributed by atoms with Crippen LogP contribution in [0.15, 0.2) is 60.7 Å². The summed E-state index contributed by atoms with van der Waals surface area (Å²) in [6, 6.07) is 20.6. The molecule has 0 atom stereocenters. The van der Waals surface area contributed by atoms with E-state index in [1.54, 1.807) is 0 Å². The van der Waals surface area contributed by atoms with Gasteiger partial charge in [-0.1, -0.05) is 60.7 Å². The molecule has 0 aliphatic rings. The lowest BCUT2D eigenvalue weighted by atomic mass is 9.87. The fourth-order valence-corrected chi connectivity index (χ4v) is 2.68. The molecule has 0 saturated heterocycles. The van der Waals surface area contributed by atoms with Gasteiger partial charge in [-0.2, -0.15) is 12.6 Å². The van der Waals surface area contributed by atoms with Gasteiger partial charge in [-0.3, -0.25) is 0 Å². The fraction of sp³-hybridized carbons (Fsp3) is 0.250. The van der Waals surface area contributed by atoms with Crippen LogP contribution in [0, 0.1) is 0 Å². The number of thiol groups is 1. The Labute approximate surface area is 114 Å². The molecule has 1 nitrogen and oxygen atoms in total. The van der Waals surface area contributed by atoms with E-state index in [0.717, 1.165) is 11.1 Å². The molecule has 2 aromatic carbocycles. The van der Waals surface area contributed by atoms with Crippen LogP contribution in [0.1, 0.15) is 18.1 Å². The molecule has 0 radical (unpaired) electrons. The number of rotatable bonds is 5. The van der Waals surface area contributed by atoms with Crippen LogP contribution in [-0.4, -0.2) is 12.4 Å². The topological polar surface area (TPSA) is 9.23 Å². The molecule has 0 aliphatic heterocycles. The summed E-state index contributed by atoms with van der Waals surface area (Å²) in [5, 5.41) is 0. The van der Waals surface area contributed by atoms with E-state index in [1.807, 2.05) is 43.3 Å². The van der Waals surface area contributed by atoms with Crippen molar-refractivity contribution in [1.82, 2.24) is 0 Å². The van der Waals surface area contributed by atoms with Crippen molar-refractivity contribution in [2.24, 2.45) is 0 Å². The highest BCUT2D eigenvalue weighted by molar-refractivity contribution is 7.80. The van der Waals surface area contributed by atoms with Gasteiger partial charge in [-0.25, -0.2) is 0 Å². The Bertz CT molecular complexity index is 427. The second kappa shape index (κ2) is 6.07. The first kappa shape index (κ1) is 13.2. The maximum absolute atomic E-state index is 6.07. The van der Waals surface area contributed by atoms with Crippen molar-refractivity contribution in [3.8, 4) is 0 Å². The second-order valence-corrected chi connectivity index (χ2v) is 4.47. The Morgan fingerprint density at radius 3 is 1.67 bits per heavy atom. The van der Waals surface area contributed by atoms with E-state index in [4.69, 9.17) is 4.74 Å². The average molecular weight is 258 g/mol. The molecule has 0 spiro atoms. The molecule has 0 bridgehead atoms. The summed E-state index contributed by atoms with van der Waals surface area (Å²) in [7, 11) is 0. The van der Waals surface area contributed by atoms with E-state index in [-0.39, 0.29) is 0 Å². The molecule has 0 unspecified atom stereocenters. The summed E-state index contributed by atoms with van der Waals surface area (Å²) < 4.78 is 6.07. The zero-order chi connectivity index (χ0) is 12.8. The first-order valence-electron chi connectivity index (χ1n) is 6.19. The van der Waals surface area contributed by atoms with Crippen LogP contribution in [0.4, 0.5) is 0 Å². The first-order chi connectivity index (χ1) is 8.83. The molecule has 0 saturated carbocycles. The third kappa shape index (κ3) is 2.45. The van der Waals surface area contributed by atoms with Crippen molar-refractivity contribution in [3.05, 3.63) is 71.8 Å². The van der Waals surface area contributed by atoms with Gasteiger partial charge >= 0.3 is 0 Å².